The van der Waals surface area contributed by atoms with Crippen LogP contribution in [0.25, 0.3) is 0 Å². The van der Waals surface area contributed by atoms with Crippen LogP contribution in [0.5, 0.6) is 0 Å². The second-order valence-electron chi connectivity index (χ2n) is 7.91. The van der Waals surface area contributed by atoms with Gasteiger partial charge in [0.1, 0.15) is 12.6 Å². The average Bonchev–Trinajstić information content (AvgIpc) is 2.83. The Balaban J connectivity index is 2.36. The lowest BCUT2D eigenvalue weighted by Crippen LogP contribution is -2.53. The molecule has 2 rings (SSSR count). The molecule has 0 aliphatic heterocycles. The molecule has 1 N–H and O–H groups in total. The summed E-state index contributed by atoms with van der Waals surface area (Å²) in [6, 6.07) is 0. The number of allylic oxidation sites excluding steroid dienone is 3. The van der Waals surface area contributed by atoms with Crippen LogP contribution in [0.15, 0.2) is 23.3 Å². The summed E-state index contributed by atoms with van der Waals surface area (Å²) < 4.78 is 0. The second kappa shape index (κ2) is 6.72. The van der Waals surface area contributed by atoms with E-state index in [9.17, 15) is 14.7 Å². The summed E-state index contributed by atoms with van der Waals surface area (Å²) in [4.78, 5) is 23.9. The average molecular weight is 318 g/mol. The summed E-state index contributed by atoms with van der Waals surface area (Å²) in [6.07, 6.45) is 9.45. The van der Waals surface area contributed by atoms with Crippen LogP contribution in [0.1, 0.15) is 59.8 Å². The highest BCUT2D eigenvalue weighted by Gasteiger charge is 2.64. The third kappa shape index (κ3) is 2.73. The predicted octanol–water partition coefficient (Wildman–Crippen LogP) is 3.86. The molecule has 1 fully saturated rings. The highest BCUT2D eigenvalue weighted by atomic mass is 16.3. The first-order valence-corrected chi connectivity index (χ1v) is 8.77. The van der Waals surface area contributed by atoms with Gasteiger partial charge >= 0.3 is 0 Å². The van der Waals surface area contributed by atoms with E-state index >= 15 is 0 Å². The fraction of sp³-hybridized carbons (Fsp3) is 0.700. The molecule has 1 saturated carbocycles. The standard InChI is InChI=1S/C20H30O3/c1-14(2)6-5-7-15(3)17-10-11-19(4)18(23)9-8-16(12-21)20(17,19)13-22/h6,8,12-13,15,17-18,23H,5,7,9-11H2,1-4H3/t15-,17+,18+,19+,20+/m0/s1. The highest BCUT2D eigenvalue weighted by Crippen LogP contribution is 2.64. The van der Waals surface area contributed by atoms with Gasteiger partial charge in [-0.15, -0.1) is 0 Å². The van der Waals surface area contributed by atoms with E-state index in [2.05, 4.69) is 26.8 Å². The summed E-state index contributed by atoms with van der Waals surface area (Å²) in [6.45, 7) is 8.36. The SMILES string of the molecule is CC(C)=CCC[C@H](C)[C@H]1CC[C@]2(C)[C@H](O)CC=C(C=O)[C@]12C=O. The smallest absolute Gasteiger partial charge is 0.146 e. The Kier molecular flexibility index (Phi) is 5.30. The number of hydrogen-bond acceptors (Lipinski definition) is 3. The molecule has 0 amide bonds. The number of carbonyl (C=O) groups is 2. The molecule has 0 aromatic heterocycles. The summed E-state index contributed by atoms with van der Waals surface area (Å²) in [7, 11) is 0. The molecule has 128 valence electrons. The van der Waals surface area contributed by atoms with Gasteiger partial charge in [-0.25, -0.2) is 0 Å². The van der Waals surface area contributed by atoms with E-state index < -0.39 is 16.9 Å². The van der Waals surface area contributed by atoms with Gasteiger partial charge < -0.3 is 9.90 Å². The Hall–Kier alpha value is -1.22. The van der Waals surface area contributed by atoms with E-state index in [0.717, 1.165) is 38.3 Å². The molecule has 23 heavy (non-hydrogen) atoms. The van der Waals surface area contributed by atoms with E-state index in [1.807, 2.05) is 6.92 Å². The number of carbonyl (C=O) groups excluding carboxylic acids is 2. The van der Waals surface area contributed by atoms with Crippen molar-refractivity contribution in [2.75, 3.05) is 0 Å². The van der Waals surface area contributed by atoms with E-state index in [-0.39, 0.29) is 5.92 Å². The first-order valence-electron chi connectivity index (χ1n) is 8.77. The third-order valence-electron chi connectivity index (χ3n) is 6.45. The minimum absolute atomic E-state index is 0.127. The third-order valence-corrected chi connectivity index (χ3v) is 6.45. The van der Waals surface area contributed by atoms with Gasteiger partial charge in [-0.1, -0.05) is 31.6 Å². The van der Waals surface area contributed by atoms with Gasteiger partial charge in [-0.2, -0.15) is 0 Å². The summed E-state index contributed by atoms with van der Waals surface area (Å²) in [5, 5.41) is 10.6. The zero-order valence-corrected chi connectivity index (χ0v) is 14.8. The normalized spacial score (nSPS) is 37.5. The van der Waals surface area contributed by atoms with Crippen molar-refractivity contribution in [1.82, 2.24) is 0 Å². The summed E-state index contributed by atoms with van der Waals surface area (Å²) in [5.74, 6) is 0.466. The number of hydrogen-bond donors (Lipinski definition) is 1. The Morgan fingerprint density at radius 2 is 2.13 bits per heavy atom. The Bertz CT molecular complexity index is 529. The Labute approximate surface area is 139 Å². The minimum Gasteiger partial charge on any atom is -0.392 e. The first-order chi connectivity index (χ1) is 10.8. The van der Waals surface area contributed by atoms with Gasteiger partial charge in [0, 0.05) is 11.0 Å². The maximum absolute atomic E-state index is 12.3. The quantitative estimate of drug-likeness (QED) is 0.597. The lowest BCUT2D eigenvalue weighted by Gasteiger charge is -2.50. The molecule has 5 atom stereocenters. The molecule has 0 aromatic carbocycles. The van der Waals surface area contributed by atoms with Crippen LogP contribution in [0, 0.1) is 22.7 Å². The van der Waals surface area contributed by atoms with Crippen LogP contribution >= 0.6 is 0 Å². The lowest BCUT2D eigenvalue weighted by molar-refractivity contribution is -0.133. The monoisotopic (exact) mass is 318 g/mol. The molecule has 0 bridgehead atoms. The van der Waals surface area contributed by atoms with E-state index in [4.69, 9.17) is 0 Å². The fourth-order valence-corrected chi connectivity index (χ4v) is 4.97. The molecule has 0 unspecified atom stereocenters. The number of aliphatic hydroxyl groups excluding tert-OH is 1. The van der Waals surface area contributed by atoms with Crippen molar-refractivity contribution < 1.29 is 14.7 Å². The predicted molar refractivity (Wildman–Crippen MR) is 91.9 cm³/mol. The van der Waals surface area contributed by atoms with Crippen LogP contribution in [0.2, 0.25) is 0 Å². The second-order valence-corrected chi connectivity index (χ2v) is 7.91. The van der Waals surface area contributed by atoms with Crippen molar-refractivity contribution in [3.63, 3.8) is 0 Å². The first kappa shape index (κ1) is 18.1. The molecule has 3 heteroatoms. The topological polar surface area (TPSA) is 54.4 Å². The summed E-state index contributed by atoms with van der Waals surface area (Å²) >= 11 is 0. The van der Waals surface area contributed by atoms with Crippen LogP contribution in [-0.2, 0) is 9.59 Å². The maximum Gasteiger partial charge on any atom is 0.146 e. The van der Waals surface area contributed by atoms with Gasteiger partial charge in [-0.05, 0) is 57.8 Å². The van der Waals surface area contributed by atoms with Crippen molar-refractivity contribution in [2.45, 2.75) is 65.9 Å². The molecule has 0 heterocycles. The molecular formula is C20H30O3. The van der Waals surface area contributed by atoms with Gasteiger partial charge in [0.25, 0.3) is 0 Å². The van der Waals surface area contributed by atoms with Gasteiger partial charge in [0.15, 0.2) is 0 Å². The number of aldehydes is 2. The molecule has 2 aliphatic rings. The summed E-state index contributed by atoms with van der Waals surface area (Å²) in [5.41, 5.74) is 0.559. The Morgan fingerprint density at radius 3 is 2.70 bits per heavy atom. The molecule has 0 aromatic rings. The maximum atomic E-state index is 12.3. The fourth-order valence-electron chi connectivity index (χ4n) is 4.97. The molecular weight excluding hydrogens is 288 g/mol. The van der Waals surface area contributed by atoms with E-state index in [0.29, 0.717) is 17.9 Å². The van der Waals surface area contributed by atoms with Gasteiger partial charge in [-0.3, -0.25) is 4.79 Å². The zero-order valence-electron chi connectivity index (χ0n) is 14.8. The number of aliphatic hydroxyl groups is 1. The van der Waals surface area contributed by atoms with E-state index in [1.165, 1.54) is 5.57 Å². The molecule has 0 saturated heterocycles. The van der Waals surface area contributed by atoms with Crippen LogP contribution in [0.3, 0.4) is 0 Å². The molecule has 2 aliphatic carbocycles. The van der Waals surface area contributed by atoms with Crippen LogP contribution in [-0.4, -0.2) is 23.8 Å². The zero-order chi connectivity index (χ0) is 17.3. The highest BCUT2D eigenvalue weighted by molar-refractivity contribution is 5.86. The van der Waals surface area contributed by atoms with Crippen molar-refractivity contribution >= 4 is 12.6 Å². The Morgan fingerprint density at radius 1 is 1.43 bits per heavy atom. The van der Waals surface area contributed by atoms with E-state index in [1.54, 1.807) is 6.08 Å². The minimum atomic E-state index is -0.823. The van der Waals surface area contributed by atoms with Crippen molar-refractivity contribution in [3.8, 4) is 0 Å². The van der Waals surface area contributed by atoms with Crippen molar-refractivity contribution in [1.29, 1.82) is 0 Å². The molecule has 0 radical (unpaired) electrons. The van der Waals surface area contributed by atoms with Gasteiger partial charge in [0.05, 0.1) is 11.5 Å². The van der Waals surface area contributed by atoms with Crippen molar-refractivity contribution in [2.24, 2.45) is 22.7 Å². The molecule has 0 spiro atoms. The van der Waals surface area contributed by atoms with Crippen molar-refractivity contribution in [3.05, 3.63) is 23.3 Å². The van der Waals surface area contributed by atoms with Gasteiger partial charge in [0.2, 0.25) is 0 Å². The lowest BCUT2D eigenvalue weighted by atomic mass is 9.53. The molecule has 3 nitrogen and oxygen atoms in total. The van der Waals surface area contributed by atoms with Crippen LogP contribution < -0.4 is 0 Å². The largest absolute Gasteiger partial charge is 0.392 e. The van der Waals surface area contributed by atoms with Crippen LogP contribution in [0.4, 0.5) is 0 Å². The number of rotatable bonds is 6. The number of fused-ring (bicyclic) bond motifs is 1.